The minimum atomic E-state index is -4.54. The molecule has 0 bridgehead atoms. The molecule has 106 valence electrons. The van der Waals surface area contributed by atoms with Crippen LogP contribution in [0.2, 0.25) is 0 Å². The van der Waals surface area contributed by atoms with Crippen LogP contribution in [-0.2, 0) is 0 Å². The molecule has 0 fully saturated rings. The third-order valence-corrected chi connectivity index (χ3v) is 2.21. The zero-order chi connectivity index (χ0) is 15.2. The first-order chi connectivity index (χ1) is 9.32. The fourth-order valence-electron chi connectivity index (χ4n) is 1.21. The number of hydrogen-bond acceptors (Lipinski definition) is 2. The highest BCUT2D eigenvalue weighted by Crippen LogP contribution is 2.24. The number of H-pyrrole nitrogens is 1. The first kappa shape index (κ1) is 15.6. The van der Waals surface area contributed by atoms with Gasteiger partial charge in [-0.05, 0) is 24.6 Å². The molecule has 1 aromatic heterocycles. The van der Waals surface area contributed by atoms with E-state index < -0.39 is 11.7 Å². The first-order valence-corrected chi connectivity index (χ1v) is 5.55. The van der Waals surface area contributed by atoms with Crippen LogP contribution in [-0.4, -0.2) is 17.8 Å². The third-order valence-electron chi connectivity index (χ3n) is 2.21. The van der Waals surface area contributed by atoms with Crippen LogP contribution >= 0.6 is 0 Å². The fraction of sp³-hybridized carbons (Fsp3) is 0.214. The lowest BCUT2D eigenvalue weighted by Crippen LogP contribution is -2.10. The molecule has 0 atom stereocenters. The summed E-state index contributed by atoms with van der Waals surface area (Å²) in [5, 5.41) is 0. The van der Waals surface area contributed by atoms with Crippen LogP contribution < -0.4 is 10.3 Å². The number of ether oxygens (including phenoxy) is 1. The van der Waals surface area contributed by atoms with Crippen molar-refractivity contribution < 1.29 is 17.9 Å². The van der Waals surface area contributed by atoms with Crippen LogP contribution in [0.3, 0.4) is 0 Å². The lowest BCUT2D eigenvalue weighted by molar-refractivity contribution is -0.0871. The molecule has 0 aromatic carbocycles. The maximum atomic E-state index is 12.4. The Morgan fingerprint density at radius 3 is 2.75 bits per heavy atom. The van der Waals surface area contributed by atoms with Gasteiger partial charge in [0, 0.05) is 12.3 Å². The number of aromatic nitrogens is 1. The number of hydrogen-bond donors (Lipinski definition) is 1. The van der Waals surface area contributed by atoms with Crippen molar-refractivity contribution in [2.75, 3.05) is 6.61 Å². The van der Waals surface area contributed by atoms with E-state index in [1.165, 1.54) is 24.4 Å². The van der Waals surface area contributed by atoms with Gasteiger partial charge in [-0.25, -0.2) is 0 Å². The minimum Gasteiger partial charge on any atom is -0.489 e. The summed E-state index contributed by atoms with van der Waals surface area (Å²) in [6, 6.07) is 2.78. The molecule has 0 amide bonds. The molecule has 0 spiro atoms. The summed E-state index contributed by atoms with van der Waals surface area (Å²) in [6.07, 6.45) is 3.71. The van der Waals surface area contributed by atoms with E-state index in [1.54, 1.807) is 12.8 Å². The zero-order valence-electron chi connectivity index (χ0n) is 10.6. The smallest absolute Gasteiger partial charge is 0.424 e. The van der Waals surface area contributed by atoms with Crippen LogP contribution in [0.5, 0.6) is 5.75 Å². The van der Waals surface area contributed by atoms with E-state index >= 15 is 0 Å². The van der Waals surface area contributed by atoms with Crippen molar-refractivity contribution in [1.82, 2.24) is 4.98 Å². The Balaban J connectivity index is 2.70. The molecule has 0 saturated carbocycles. The molecule has 3 nitrogen and oxygen atoms in total. The number of aromatic amines is 1. The van der Waals surface area contributed by atoms with Gasteiger partial charge in [-0.1, -0.05) is 12.0 Å². The Morgan fingerprint density at radius 1 is 1.50 bits per heavy atom. The molecule has 1 N–H and O–H groups in total. The summed E-state index contributed by atoms with van der Waals surface area (Å²) >= 11 is 0. The van der Waals surface area contributed by atoms with Crippen LogP contribution in [0.15, 0.2) is 46.4 Å². The van der Waals surface area contributed by atoms with Crippen molar-refractivity contribution in [3.63, 3.8) is 0 Å². The van der Waals surface area contributed by atoms with E-state index in [0.29, 0.717) is 11.3 Å². The van der Waals surface area contributed by atoms with Crippen LogP contribution in [0, 0.1) is 12.3 Å². The number of rotatable bonds is 4. The third kappa shape index (κ3) is 5.06. The van der Waals surface area contributed by atoms with Crippen LogP contribution in [0.4, 0.5) is 13.2 Å². The number of terminal acetylenes is 1. The molecule has 0 unspecified atom stereocenters. The molecule has 20 heavy (non-hydrogen) atoms. The first-order valence-electron chi connectivity index (χ1n) is 5.55. The highest BCUT2D eigenvalue weighted by Gasteiger charge is 2.31. The maximum absolute atomic E-state index is 12.4. The number of allylic oxidation sites excluding steroid dienone is 3. The Morgan fingerprint density at radius 2 is 2.20 bits per heavy atom. The van der Waals surface area contributed by atoms with Crippen molar-refractivity contribution in [3.05, 3.63) is 52.0 Å². The predicted octanol–water partition coefficient (Wildman–Crippen LogP) is 2.82. The molecule has 0 aliphatic rings. The molecule has 0 radical (unpaired) electrons. The molecular weight excluding hydrogens is 271 g/mol. The van der Waals surface area contributed by atoms with Crippen LogP contribution in [0.1, 0.15) is 6.92 Å². The van der Waals surface area contributed by atoms with Crippen molar-refractivity contribution in [2.24, 2.45) is 0 Å². The number of nitrogens with one attached hydrogen (secondary N) is 1. The van der Waals surface area contributed by atoms with E-state index in [-0.39, 0.29) is 12.2 Å². The van der Waals surface area contributed by atoms with E-state index in [1.807, 2.05) is 0 Å². The predicted molar refractivity (Wildman–Crippen MR) is 69.3 cm³/mol. The number of halogens is 3. The van der Waals surface area contributed by atoms with Gasteiger partial charge in [0.05, 0.1) is 0 Å². The molecule has 1 rings (SSSR count). The van der Waals surface area contributed by atoms with Gasteiger partial charge in [-0.3, -0.25) is 4.79 Å². The average molecular weight is 283 g/mol. The maximum Gasteiger partial charge on any atom is 0.424 e. The van der Waals surface area contributed by atoms with Gasteiger partial charge in [0.1, 0.15) is 17.9 Å². The van der Waals surface area contributed by atoms with Crippen molar-refractivity contribution in [2.45, 2.75) is 13.1 Å². The SMILES string of the molecule is C#C/C(=C\C=C(/C)COc1cc[nH]c(=O)c1)C(F)(F)F. The van der Waals surface area contributed by atoms with Gasteiger partial charge < -0.3 is 9.72 Å². The van der Waals surface area contributed by atoms with E-state index in [9.17, 15) is 18.0 Å². The highest BCUT2D eigenvalue weighted by molar-refractivity contribution is 5.34. The van der Waals surface area contributed by atoms with Crippen molar-refractivity contribution in [1.29, 1.82) is 0 Å². The molecule has 0 aliphatic heterocycles. The van der Waals surface area contributed by atoms with Crippen molar-refractivity contribution in [3.8, 4) is 18.1 Å². The van der Waals surface area contributed by atoms with E-state index in [4.69, 9.17) is 11.2 Å². The summed E-state index contributed by atoms with van der Waals surface area (Å²) in [4.78, 5) is 13.4. The van der Waals surface area contributed by atoms with E-state index in [2.05, 4.69) is 4.98 Å². The standard InChI is InChI=1S/C14H12F3NO2/c1-3-11(14(15,16)17)5-4-10(2)9-20-12-6-7-18-13(19)8-12/h1,4-8H,9H2,2H3,(H,18,19)/b10-4+,11-5+. The topological polar surface area (TPSA) is 42.1 Å². The Kier molecular flexibility index (Phi) is 5.21. The van der Waals surface area contributed by atoms with Gasteiger partial charge in [0.2, 0.25) is 0 Å². The van der Waals surface area contributed by atoms with Crippen LogP contribution in [0.25, 0.3) is 0 Å². The lowest BCUT2D eigenvalue weighted by Gasteiger charge is -2.06. The molecular formula is C14H12F3NO2. The molecule has 6 heteroatoms. The van der Waals surface area contributed by atoms with Gasteiger partial charge in [0.15, 0.2) is 0 Å². The summed E-state index contributed by atoms with van der Waals surface area (Å²) in [6.45, 7) is 1.64. The normalized spacial score (nSPS) is 12.9. The molecule has 1 aromatic rings. The lowest BCUT2D eigenvalue weighted by atomic mass is 10.2. The monoisotopic (exact) mass is 283 g/mol. The van der Waals surface area contributed by atoms with Gasteiger partial charge in [-0.15, -0.1) is 6.42 Å². The summed E-state index contributed by atoms with van der Waals surface area (Å²) < 4.78 is 42.3. The second-order valence-electron chi connectivity index (χ2n) is 3.91. The Hall–Kier alpha value is -2.42. The second-order valence-corrected chi connectivity index (χ2v) is 3.91. The van der Waals surface area contributed by atoms with Crippen molar-refractivity contribution >= 4 is 0 Å². The zero-order valence-corrected chi connectivity index (χ0v) is 10.6. The largest absolute Gasteiger partial charge is 0.489 e. The molecule has 0 aliphatic carbocycles. The van der Waals surface area contributed by atoms with E-state index in [0.717, 1.165) is 6.08 Å². The summed E-state index contributed by atoms with van der Waals surface area (Å²) in [5.41, 5.74) is -0.856. The Bertz CT molecular complexity index is 618. The van der Waals surface area contributed by atoms with Gasteiger partial charge >= 0.3 is 6.18 Å². The second kappa shape index (κ2) is 6.66. The average Bonchev–Trinajstić information content (AvgIpc) is 2.35. The van der Waals surface area contributed by atoms with Gasteiger partial charge in [-0.2, -0.15) is 13.2 Å². The minimum absolute atomic E-state index is 0.0513. The highest BCUT2D eigenvalue weighted by atomic mass is 19.4. The Labute approximate surface area is 113 Å². The number of pyridine rings is 1. The summed E-state index contributed by atoms with van der Waals surface area (Å²) in [7, 11) is 0. The fourth-order valence-corrected chi connectivity index (χ4v) is 1.21. The molecule has 1 heterocycles. The summed E-state index contributed by atoms with van der Waals surface area (Å²) in [5.74, 6) is 1.92. The molecule has 0 saturated heterocycles. The van der Waals surface area contributed by atoms with Gasteiger partial charge in [0.25, 0.3) is 5.56 Å². The quantitative estimate of drug-likeness (QED) is 0.682. The number of alkyl halides is 3.